The van der Waals surface area contributed by atoms with Crippen molar-refractivity contribution < 1.29 is 118 Å². The van der Waals surface area contributed by atoms with Crippen LogP contribution in [-0.2, 0) is 43.0 Å². The molecule has 0 spiro atoms. The first-order valence-corrected chi connectivity index (χ1v) is 0. The minimum Gasteiger partial charge on any atom is -2.00 e. The van der Waals surface area contributed by atoms with Crippen LogP contribution in [0.2, 0.25) is 0 Å². The summed E-state index contributed by atoms with van der Waals surface area (Å²) in [7, 11) is 0. The fourth-order valence-electron chi connectivity index (χ4n) is 0. The molecule has 0 saturated carbocycles. The van der Waals surface area contributed by atoms with Crippen LogP contribution in [0.15, 0.2) is 0 Å². The van der Waals surface area contributed by atoms with Crippen molar-refractivity contribution in [3.8, 4) is 0 Å². The van der Waals surface area contributed by atoms with Gasteiger partial charge in [-0.2, -0.15) is 0 Å². The Labute approximate surface area is 117 Å². The van der Waals surface area contributed by atoms with Crippen LogP contribution in [0.5, 0.6) is 0 Å². The maximum Gasteiger partial charge on any atom is 4.00 e. The third-order valence-electron chi connectivity index (χ3n) is 0. The maximum absolute atomic E-state index is 0. The van der Waals surface area contributed by atoms with E-state index < -0.39 is 0 Å². The SMILES string of the molecule is [Li+].[Li+].[Li+].[Li+].[Mo+4].[O-2].[O-2].[O-2].[O-2]. The van der Waals surface area contributed by atoms with Gasteiger partial charge in [0.1, 0.15) is 0 Å². The van der Waals surface area contributed by atoms with Crippen molar-refractivity contribution in [2.24, 2.45) is 0 Å². The van der Waals surface area contributed by atoms with E-state index in [2.05, 4.69) is 0 Å². The smallest absolute Gasteiger partial charge is 2.00 e. The van der Waals surface area contributed by atoms with Crippen molar-refractivity contribution >= 4 is 0 Å². The molecule has 0 aliphatic rings. The van der Waals surface area contributed by atoms with E-state index in [-0.39, 0.29) is 118 Å². The average molecular weight is 188 g/mol. The summed E-state index contributed by atoms with van der Waals surface area (Å²) in [6.45, 7) is 0. The van der Waals surface area contributed by atoms with Crippen molar-refractivity contribution in [3.63, 3.8) is 0 Å². The van der Waals surface area contributed by atoms with Gasteiger partial charge < -0.3 is 21.9 Å². The van der Waals surface area contributed by atoms with E-state index in [1.54, 1.807) is 0 Å². The van der Waals surface area contributed by atoms with Crippen LogP contribution in [0.3, 0.4) is 0 Å². The minimum atomic E-state index is 0. The topological polar surface area (TPSA) is 114 Å². The average Bonchev–Trinajstić information content (AvgIpc) is 0. The van der Waals surface area contributed by atoms with E-state index in [0.717, 1.165) is 0 Å². The van der Waals surface area contributed by atoms with Crippen molar-refractivity contribution in [1.29, 1.82) is 0 Å². The summed E-state index contributed by atoms with van der Waals surface area (Å²) in [5, 5.41) is 0. The van der Waals surface area contributed by atoms with Crippen LogP contribution in [0.25, 0.3) is 0 Å². The molecule has 0 aliphatic heterocycles. The first kappa shape index (κ1) is 167. The Hall–Kier alpha value is 2.92. The predicted octanol–water partition coefficient (Wildman–Crippen LogP) is -12.5. The predicted molar refractivity (Wildman–Crippen MR) is 2.75 cm³/mol. The van der Waals surface area contributed by atoms with Gasteiger partial charge in [-0.1, -0.05) is 0 Å². The van der Waals surface area contributed by atoms with Crippen LogP contribution >= 0.6 is 0 Å². The second-order valence-corrected chi connectivity index (χ2v) is 0. The molecule has 0 rings (SSSR count). The van der Waals surface area contributed by atoms with Gasteiger partial charge in [-0.15, -0.1) is 0 Å². The van der Waals surface area contributed by atoms with Crippen molar-refractivity contribution in [3.05, 3.63) is 0 Å². The summed E-state index contributed by atoms with van der Waals surface area (Å²) in [4.78, 5) is 0. The van der Waals surface area contributed by atoms with Gasteiger partial charge in [0.05, 0.1) is 0 Å². The van der Waals surface area contributed by atoms with E-state index in [1.807, 2.05) is 0 Å². The molecule has 0 aromatic carbocycles. The van der Waals surface area contributed by atoms with Crippen LogP contribution < -0.4 is 75.4 Å². The molecule has 0 radical (unpaired) electrons. The summed E-state index contributed by atoms with van der Waals surface area (Å²) in [6.07, 6.45) is 0. The molecule has 9 heteroatoms. The first-order chi connectivity index (χ1) is 0. The number of rotatable bonds is 0. The molecule has 34 valence electrons. The van der Waals surface area contributed by atoms with Gasteiger partial charge in [0.15, 0.2) is 0 Å². The second kappa shape index (κ2) is 126. The van der Waals surface area contributed by atoms with Gasteiger partial charge in [-0.3, -0.25) is 0 Å². The fraction of sp³-hybridized carbons (Fsp3) is 0. The van der Waals surface area contributed by atoms with E-state index in [1.165, 1.54) is 0 Å². The normalized spacial score (nSPS) is 0. The molecule has 0 aromatic rings. The van der Waals surface area contributed by atoms with E-state index in [4.69, 9.17) is 0 Å². The molecule has 0 atom stereocenters. The van der Waals surface area contributed by atoms with Crippen LogP contribution in [-0.4, -0.2) is 0 Å². The molecule has 0 amide bonds. The van der Waals surface area contributed by atoms with Crippen LogP contribution in [0.4, 0.5) is 0 Å². The van der Waals surface area contributed by atoms with E-state index >= 15 is 0 Å². The molecule has 0 aromatic heterocycles. The van der Waals surface area contributed by atoms with Gasteiger partial charge in [-0.25, -0.2) is 0 Å². The van der Waals surface area contributed by atoms with Crippen LogP contribution in [0.1, 0.15) is 0 Å². The molecule has 4 nitrogen and oxygen atoms in total. The summed E-state index contributed by atoms with van der Waals surface area (Å²) in [6, 6.07) is 0. The quantitative estimate of drug-likeness (QED) is 0.335. The first-order valence-electron chi connectivity index (χ1n) is 0. The molecule has 0 unspecified atom stereocenters. The van der Waals surface area contributed by atoms with Gasteiger partial charge in [0.25, 0.3) is 0 Å². The Morgan fingerprint density at radius 3 is 0.333 bits per heavy atom. The largest absolute Gasteiger partial charge is 4.00 e. The Balaban J connectivity index is 0. The Kier molecular flexibility index (Phi) is 2340. The molecule has 0 aliphatic carbocycles. The molecule has 0 saturated heterocycles. The standard InChI is InChI=1S/4Li.Mo.4O/q4*+1;+4;4*-2. The molecule has 9 heavy (non-hydrogen) atoms. The van der Waals surface area contributed by atoms with Crippen molar-refractivity contribution in [1.82, 2.24) is 0 Å². The number of hydrogen-bond donors (Lipinski definition) is 0. The minimum absolute atomic E-state index is 0. The third-order valence-corrected chi connectivity index (χ3v) is 0. The Bertz CT molecular complexity index is 12.5. The zero-order chi connectivity index (χ0) is 0. The van der Waals surface area contributed by atoms with Gasteiger partial charge in [0.2, 0.25) is 0 Å². The van der Waals surface area contributed by atoms with Gasteiger partial charge in [0, 0.05) is 0 Å². The number of hydrogen-bond acceptors (Lipinski definition) is 0. The Morgan fingerprint density at radius 2 is 0.333 bits per heavy atom. The zero-order valence-corrected chi connectivity index (χ0v) is 8.05. The summed E-state index contributed by atoms with van der Waals surface area (Å²) in [5.41, 5.74) is 0. The Morgan fingerprint density at radius 1 is 0.333 bits per heavy atom. The molecule has 0 heterocycles. The summed E-state index contributed by atoms with van der Waals surface area (Å²) < 4.78 is 0. The molecule has 0 fully saturated rings. The molecular weight excluding hydrogens is 188 g/mol. The monoisotopic (exact) mass is 190 g/mol. The maximum atomic E-state index is 0. The van der Waals surface area contributed by atoms with Crippen LogP contribution in [0, 0.1) is 0 Å². The third kappa shape index (κ3) is 102. The van der Waals surface area contributed by atoms with E-state index in [0.29, 0.717) is 0 Å². The fourth-order valence-corrected chi connectivity index (χ4v) is 0. The molecular formula is Li4MoO4. The van der Waals surface area contributed by atoms with Gasteiger partial charge in [-0.05, 0) is 0 Å². The van der Waals surface area contributed by atoms with Gasteiger partial charge >= 0.3 is 96.5 Å². The molecule has 0 N–H and O–H groups in total. The molecule has 0 bridgehead atoms. The van der Waals surface area contributed by atoms with E-state index in [9.17, 15) is 0 Å². The van der Waals surface area contributed by atoms with Crippen molar-refractivity contribution in [2.45, 2.75) is 0 Å². The summed E-state index contributed by atoms with van der Waals surface area (Å²) >= 11 is 0. The van der Waals surface area contributed by atoms with Crippen molar-refractivity contribution in [2.75, 3.05) is 0 Å². The zero-order valence-electron chi connectivity index (χ0n) is 6.04. The summed E-state index contributed by atoms with van der Waals surface area (Å²) in [5.74, 6) is 0. The second-order valence-electron chi connectivity index (χ2n) is 0.